The van der Waals surface area contributed by atoms with Gasteiger partial charge in [-0.15, -0.1) is 11.3 Å². The summed E-state index contributed by atoms with van der Waals surface area (Å²) in [6.07, 6.45) is 4.10. The number of nitrogens with zero attached hydrogens (tertiary/aromatic N) is 2. The van der Waals surface area contributed by atoms with Crippen LogP contribution in [0.25, 0.3) is 0 Å². The molecule has 0 bridgehead atoms. The highest BCUT2D eigenvalue weighted by Gasteiger charge is 2.39. The Morgan fingerprint density at radius 3 is 2.70 bits per heavy atom. The van der Waals surface area contributed by atoms with Crippen LogP contribution in [0.4, 0.5) is 14.5 Å². The van der Waals surface area contributed by atoms with E-state index in [2.05, 4.69) is 5.32 Å². The number of carbonyl (C=O) groups excluding carboxylic acids is 1. The normalized spacial score (nSPS) is 17.9. The summed E-state index contributed by atoms with van der Waals surface area (Å²) in [4.78, 5) is 23.0. The number of thiophene rings is 1. The van der Waals surface area contributed by atoms with Crippen molar-refractivity contribution in [2.75, 3.05) is 11.1 Å². The third-order valence-corrected chi connectivity index (χ3v) is 6.38. The maximum Gasteiger partial charge on any atom is 0.234 e. The first-order valence-electron chi connectivity index (χ1n) is 8.66. The standard InChI is InChI=1S/C19H17F2N3OS2/c20-13-6-5-12(10-14(13)21)22-16(25)11-27-18-17(15-4-3-9-26-15)23-19(24-18)7-1-2-8-19/h3-6,9-10H,1-2,7-8,11H2,(H,22,25). The lowest BCUT2D eigenvalue weighted by molar-refractivity contribution is -0.113. The lowest BCUT2D eigenvalue weighted by Crippen LogP contribution is -2.17. The molecule has 2 heterocycles. The van der Waals surface area contributed by atoms with Gasteiger partial charge in [-0.3, -0.25) is 9.79 Å². The Labute approximate surface area is 163 Å². The molecule has 1 fully saturated rings. The number of hydrogen-bond acceptors (Lipinski definition) is 5. The van der Waals surface area contributed by atoms with E-state index >= 15 is 0 Å². The minimum absolute atomic E-state index is 0.123. The number of amides is 1. The van der Waals surface area contributed by atoms with Gasteiger partial charge in [0.25, 0.3) is 0 Å². The number of thioether (sulfide) groups is 1. The number of halogens is 2. The van der Waals surface area contributed by atoms with Gasteiger partial charge in [0.1, 0.15) is 10.8 Å². The molecule has 1 aromatic carbocycles. The second kappa shape index (κ2) is 7.52. The maximum atomic E-state index is 13.3. The lowest BCUT2D eigenvalue weighted by Gasteiger charge is -2.14. The van der Waals surface area contributed by atoms with Crippen molar-refractivity contribution < 1.29 is 13.6 Å². The van der Waals surface area contributed by atoms with Gasteiger partial charge in [0.15, 0.2) is 17.3 Å². The zero-order valence-electron chi connectivity index (χ0n) is 14.4. The zero-order chi connectivity index (χ0) is 18.9. The van der Waals surface area contributed by atoms with Crippen LogP contribution in [0.15, 0.2) is 45.7 Å². The van der Waals surface area contributed by atoms with E-state index in [0.717, 1.165) is 53.4 Å². The van der Waals surface area contributed by atoms with Gasteiger partial charge in [-0.1, -0.05) is 17.8 Å². The summed E-state index contributed by atoms with van der Waals surface area (Å²) in [5.74, 6) is -2.11. The molecule has 0 radical (unpaired) electrons. The third-order valence-electron chi connectivity index (χ3n) is 4.53. The fraction of sp³-hybridized carbons (Fsp3) is 0.316. The molecular weight excluding hydrogens is 388 g/mol. The van der Waals surface area contributed by atoms with Gasteiger partial charge in [0.2, 0.25) is 5.91 Å². The van der Waals surface area contributed by atoms with Crippen LogP contribution in [0.2, 0.25) is 0 Å². The Hall–Kier alpha value is -2.06. The Morgan fingerprint density at radius 2 is 2.00 bits per heavy atom. The van der Waals surface area contributed by atoms with Crippen LogP contribution < -0.4 is 5.32 Å². The molecule has 4 rings (SSSR count). The van der Waals surface area contributed by atoms with Crippen LogP contribution in [-0.2, 0) is 4.79 Å². The molecule has 1 aliphatic carbocycles. The van der Waals surface area contributed by atoms with E-state index in [1.165, 1.54) is 17.8 Å². The number of rotatable bonds is 4. The van der Waals surface area contributed by atoms with Crippen molar-refractivity contribution in [1.29, 1.82) is 0 Å². The number of hydrogen-bond donors (Lipinski definition) is 1. The van der Waals surface area contributed by atoms with Crippen LogP contribution in [0.5, 0.6) is 0 Å². The Kier molecular flexibility index (Phi) is 5.10. The minimum atomic E-state index is -0.990. The van der Waals surface area contributed by atoms with Gasteiger partial charge in [0.05, 0.1) is 10.6 Å². The van der Waals surface area contributed by atoms with Gasteiger partial charge < -0.3 is 5.32 Å². The lowest BCUT2D eigenvalue weighted by atomic mass is 10.1. The van der Waals surface area contributed by atoms with Gasteiger partial charge in [0, 0.05) is 11.8 Å². The fourth-order valence-electron chi connectivity index (χ4n) is 3.27. The fourth-order valence-corrected chi connectivity index (χ4v) is 4.91. The van der Waals surface area contributed by atoms with E-state index < -0.39 is 11.6 Å². The summed E-state index contributed by atoms with van der Waals surface area (Å²) in [5.41, 5.74) is 0.725. The molecule has 1 saturated carbocycles. The molecule has 0 saturated heterocycles. The Morgan fingerprint density at radius 1 is 1.19 bits per heavy atom. The number of nitrogens with one attached hydrogen (secondary N) is 1. The molecule has 1 amide bonds. The number of anilines is 1. The number of benzene rings is 1. The SMILES string of the molecule is O=C(CSC1=NC2(CCCC2)N=C1c1cccs1)Nc1ccc(F)c(F)c1. The van der Waals surface area contributed by atoms with Crippen molar-refractivity contribution >= 4 is 45.4 Å². The van der Waals surface area contributed by atoms with Crippen LogP contribution in [0, 0.1) is 11.6 Å². The largest absolute Gasteiger partial charge is 0.325 e. The zero-order valence-corrected chi connectivity index (χ0v) is 16.0. The Balaban J connectivity index is 1.45. The second-order valence-electron chi connectivity index (χ2n) is 6.51. The summed E-state index contributed by atoms with van der Waals surface area (Å²) in [6, 6.07) is 7.27. The quantitative estimate of drug-likeness (QED) is 0.789. The monoisotopic (exact) mass is 405 g/mol. The molecular formula is C19H17F2N3OS2. The highest BCUT2D eigenvalue weighted by molar-refractivity contribution is 8.16. The van der Waals surface area contributed by atoms with Gasteiger partial charge in [-0.05, 0) is 49.3 Å². The van der Waals surface area contributed by atoms with Crippen LogP contribution in [0.1, 0.15) is 30.6 Å². The molecule has 140 valence electrons. The van der Waals surface area contributed by atoms with Crippen molar-refractivity contribution in [3.05, 3.63) is 52.2 Å². The van der Waals surface area contributed by atoms with Crippen molar-refractivity contribution in [2.24, 2.45) is 9.98 Å². The minimum Gasteiger partial charge on any atom is -0.325 e. The van der Waals surface area contributed by atoms with Crippen molar-refractivity contribution in [3.8, 4) is 0 Å². The molecule has 1 spiro atoms. The van der Waals surface area contributed by atoms with Crippen LogP contribution in [0.3, 0.4) is 0 Å². The topological polar surface area (TPSA) is 53.8 Å². The van der Waals surface area contributed by atoms with E-state index in [1.54, 1.807) is 11.3 Å². The van der Waals surface area contributed by atoms with Crippen LogP contribution in [-0.4, -0.2) is 28.1 Å². The molecule has 0 unspecified atom stereocenters. The molecule has 1 N–H and O–H groups in total. The molecule has 8 heteroatoms. The molecule has 4 nitrogen and oxygen atoms in total. The van der Waals surface area contributed by atoms with Gasteiger partial charge >= 0.3 is 0 Å². The van der Waals surface area contributed by atoms with E-state index in [4.69, 9.17) is 9.98 Å². The summed E-state index contributed by atoms with van der Waals surface area (Å²) >= 11 is 2.94. The average Bonchev–Trinajstić information content (AvgIpc) is 3.38. The molecule has 1 aromatic heterocycles. The van der Waals surface area contributed by atoms with Crippen molar-refractivity contribution in [1.82, 2.24) is 0 Å². The third kappa shape index (κ3) is 3.96. The van der Waals surface area contributed by atoms with Gasteiger partial charge in [-0.2, -0.15) is 0 Å². The van der Waals surface area contributed by atoms with E-state index in [1.807, 2.05) is 17.5 Å². The second-order valence-corrected chi connectivity index (χ2v) is 8.42. The summed E-state index contributed by atoms with van der Waals surface area (Å²) in [5, 5.41) is 5.36. The first-order valence-corrected chi connectivity index (χ1v) is 10.5. The van der Waals surface area contributed by atoms with Crippen LogP contribution >= 0.6 is 23.1 Å². The van der Waals surface area contributed by atoms with Crippen molar-refractivity contribution in [2.45, 2.75) is 31.3 Å². The molecule has 1 aliphatic heterocycles. The van der Waals surface area contributed by atoms with E-state index in [-0.39, 0.29) is 23.0 Å². The molecule has 2 aromatic rings. The van der Waals surface area contributed by atoms with Crippen molar-refractivity contribution in [3.63, 3.8) is 0 Å². The predicted octanol–water partition coefficient (Wildman–Crippen LogP) is 4.87. The first-order chi connectivity index (χ1) is 13.0. The molecule has 0 atom stereocenters. The van der Waals surface area contributed by atoms with E-state index in [0.29, 0.717) is 0 Å². The summed E-state index contributed by atoms with van der Waals surface area (Å²) in [7, 11) is 0. The van der Waals surface area contributed by atoms with Gasteiger partial charge in [-0.25, -0.2) is 13.8 Å². The summed E-state index contributed by atoms with van der Waals surface area (Å²) in [6.45, 7) is 0. The first kappa shape index (κ1) is 18.3. The molecule has 2 aliphatic rings. The Bertz CT molecular complexity index is 919. The highest BCUT2D eigenvalue weighted by atomic mass is 32.2. The predicted molar refractivity (Wildman–Crippen MR) is 107 cm³/mol. The smallest absolute Gasteiger partial charge is 0.234 e. The number of aliphatic imine (C=N–C) groups is 2. The number of carbonyl (C=O) groups is 1. The maximum absolute atomic E-state index is 13.3. The van der Waals surface area contributed by atoms with E-state index in [9.17, 15) is 13.6 Å². The average molecular weight is 405 g/mol. The highest BCUT2D eigenvalue weighted by Crippen LogP contribution is 2.40. The molecule has 27 heavy (non-hydrogen) atoms. The summed E-state index contributed by atoms with van der Waals surface area (Å²) < 4.78 is 26.3.